The van der Waals surface area contributed by atoms with Gasteiger partial charge in [-0.05, 0) is 30.3 Å². The Morgan fingerprint density at radius 2 is 1.86 bits per heavy atom. The summed E-state index contributed by atoms with van der Waals surface area (Å²) in [5, 5.41) is 5.18. The summed E-state index contributed by atoms with van der Waals surface area (Å²) < 4.78 is 40.3. The minimum Gasteiger partial charge on any atom is -0.356 e. The van der Waals surface area contributed by atoms with Crippen LogP contribution in [0.4, 0.5) is 18.9 Å². The summed E-state index contributed by atoms with van der Waals surface area (Å²) in [7, 11) is 0. The van der Waals surface area contributed by atoms with Crippen LogP contribution in [0.2, 0.25) is 0 Å². The molecule has 2 aromatic carbocycles. The van der Waals surface area contributed by atoms with E-state index in [1.165, 1.54) is 19.1 Å². The van der Waals surface area contributed by atoms with Gasteiger partial charge in [0.2, 0.25) is 11.8 Å². The van der Waals surface area contributed by atoms with Crippen molar-refractivity contribution in [3.05, 3.63) is 59.9 Å². The third-order valence-corrected chi connectivity index (χ3v) is 4.23. The van der Waals surface area contributed by atoms with Gasteiger partial charge in [0.15, 0.2) is 0 Å². The number of imidazole rings is 1. The number of alkyl halides is 3. The molecular formula is C20H19F3N4O2. The zero-order valence-corrected chi connectivity index (χ0v) is 15.6. The number of fused-ring (bicyclic) bond motifs is 1. The smallest absolute Gasteiger partial charge is 0.356 e. The summed E-state index contributed by atoms with van der Waals surface area (Å²) in [5.41, 5.74) is 0.648. The number of carbonyl (C=O) groups is 2. The molecule has 0 aliphatic carbocycles. The molecule has 0 atom stereocenters. The Bertz CT molecular complexity index is 1040. The van der Waals surface area contributed by atoms with Gasteiger partial charge >= 0.3 is 6.18 Å². The maximum atomic E-state index is 12.9. The quantitative estimate of drug-likeness (QED) is 0.662. The van der Waals surface area contributed by atoms with Crippen LogP contribution < -0.4 is 10.6 Å². The maximum absolute atomic E-state index is 12.9. The standard InChI is InChI=1S/C20H19F3N4O2/c1-13(28)24-10-9-18-26-16-7-2-3-8-17(16)27(18)12-19(29)25-15-6-4-5-14(11-15)20(21,22)23/h2-8,11H,9-10,12H2,1H3,(H,24,28)(H,25,29). The van der Waals surface area contributed by atoms with Crippen LogP contribution in [0.15, 0.2) is 48.5 Å². The molecule has 29 heavy (non-hydrogen) atoms. The van der Waals surface area contributed by atoms with Crippen molar-refractivity contribution in [1.29, 1.82) is 0 Å². The molecule has 3 rings (SSSR count). The summed E-state index contributed by atoms with van der Waals surface area (Å²) in [6.07, 6.45) is -4.08. The summed E-state index contributed by atoms with van der Waals surface area (Å²) in [5.74, 6) is -0.0534. The summed E-state index contributed by atoms with van der Waals surface area (Å²) in [4.78, 5) is 28.1. The second kappa shape index (κ2) is 8.34. The molecule has 6 nitrogen and oxygen atoms in total. The first kappa shape index (κ1) is 20.4. The third-order valence-electron chi connectivity index (χ3n) is 4.23. The molecule has 1 aromatic heterocycles. The zero-order valence-electron chi connectivity index (χ0n) is 15.6. The first-order valence-electron chi connectivity index (χ1n) is 8.90. The predicted octanol–water partition coefficient (Wildman–Crippen LogP) is 3.37. The zero-order chi connectivity index (χ0) is 21.0. The second-order valence-electron chi connectivity index (χ2n) is 6.46. The van der Waals surface area contributed by atoms with Gasteiger partial charge in [-0.2, -0.15) is 13.2 Å². The number of nitrogens with zero attached hydrogens (tertiary/aromatic N) is 2. The van der Waals surface area contributed by atoms with E-state index in [0.29, 0.717) is 24.3 Å². The highest BCUT2D eigenvalue weighted by molar-refractivity contribution is 5.91. The average molecular weight is 404 g/mol. The van der Waals surface area contributed by atoms with Crippen molar-refractivity contribution < 1.29 is 22.8 Å². The van der Waals surface area contributed by atoms with Crippen LogP contribution in [0.5, 0.6) is 0 Å². The summed E-state index contributed by atoms with van der Waals surface area (Å²) in [6, 6.07) is 11.7. The third kappa shape index (κ3) is 5.13. The van der Waals surface area contributed by atoms with Crippen LogP contribution in [-0.4, -0.2) is 27.9 Å². The van der Waals surface area contributed by atoms with Crippen molar-refractivity contribution >= 4 is 28.5 Å². The number of rotatable bonds is 6. The van der Waals surface area contributed by atoms with Gasteiger partial charge in [-0.3, -0.25) is 9.59 Å². The number of nitrogens with one attached hydrogen (secondary N) is 2. The van der Waals surface area contributed by atoms with Crippen molar-refractivity contribution in [2.24, 2.45) is 0 Å². The highest BCUT2D eigenvalue weighted by atomic mass is 19.4. The van der Waals surface area contributed by atoms with Gasteiger partial charge in [0.25, 0.3) is 0 Å². The monoisotopic (exact) mass is 404 g/mol. The molecule has 0 bridgehead atoms. The first-order valence-corrected chi connectivity index (χ1v) is 8.90. The molecule has 2 amide bonds. The van der Waals surface area contributed by atoms with E-state index in [1.807, 2.05) is 18.2 Å². The number of hydrogen-bond donors (Lipinski definition) is 2. The molecule has 0 unspecified atom stereocenters. The number of benzene rings is 2. The van der Waals surface area contributed by atoms with E-state index in [4.69, 9.17) is 0 Å². The molecule has 0 aliphatic heterocycles. The van der Waals surface area contributed by atoms with Crippen LogP contribution in [0.25, 0.3) is 11.0 Å². The Balaban J connectivity index is 1.80. The number of aromatic nitrogens is 2. The van der Waals surface area contributed by atoms with Crippen molar-refractivity contribution in [2.75, 3.05) is 11.9 Å². The highest BCUT2D eigenvalue weighted by Crippen LogP contribution is 2.30. The van der Waals surface area contributed by atoms with E-state index in [-0.39, 0.29) is 18.1 Å². The second-order valence-corrected chi connectivity index (χ2v) is 6.46. The lowest BCUT2D eigenvalue weighted by Crippen LogP contribution is -2.25. The fraction of sp³-hybridized carbons (Fsp3) is 0.250. The molecule has 0 fully saturated rings. The largest absolute Gasteiger partial charge is 0.416 e. The molecule has 0 spiro atoms. The molecule has 9 heteroatoms. The Labute approximate surface area is 164 Å². The van der Waals surface area contributed by atoms with Gasteiger partial charge < -0.3 is 15.2 Å². The molecule has 0 radical (unpaired) electrons. The molecule has 2 N–H and O–H groups in total. The fourth-order valence-electron chi connectivity index (χ4n) is 2.96. The van der Waals surface area contributed by atoms with Crippen LogP contribution in [0, 0.1) is 0 Å². The lowest BCUT2D eigenvalue weighted by molar-refractivity contribution is -0.137. The lowest BCUT2D eigenvalue weighted by atomic mass is 10.2. The van der Waals surface area contributed by atoms with E-state index in [9.17, 15) is 22.8 Å². The van der Waals surface area contributed by atoms with Crippen LogP contribution in [-0.2, 0) is 28.7 Å². The number of halogens is 3. The Kier molecular flexibility index (Phi) is 5.86. The van der Waals surface area contributed by atoms with Gasteiger partial charge in [0, 0.05) is 25.6 Å². The molecule has 1 heterocycles. The van der Waals surface area contributed by atoms with Crippen LogP contribution >= 0.6 is 0 Å². The van der Waals surface area contributed by atoms with Crippen LogP contribution in [0.3, 0.4) is 0 Å². The predicted molar refractivity (Wildman–Crippen MR) is 102 cm³/mol. The summed E-state index contributed by atoms with van der Waals surface area (Å²) >= 11 is 0. The first-order chi connectivity index (χ1) is 13.7. The number of para-hydroxylation sites is 2. The minimum atomic E-state index is -4.49. The van der Waals surface area contributed by atoms with Crippen molar-refractivity contribution in [2.45, 2.75) is 26.1 Å². The van der Waals surface area contributed by atoms with Gasteiger partial charge in [-0.15, -0.1) is 0 Å². The lowest BCUT2D eigenvalue weighted by Gasteiger charge is -2.12. The van der Waals surface area contributed by atoms with Crippen LogP contribution in [0.1, 0.15) is 18.3 Å². The highest BCUT2D eigenvalue weighted by Gasteiger charge is 2.30. The van der Waals surface area contributed by atoms with E-state index in [0.717, 1.165) is 17.6 Å². The van der Waals surface area contributed by atoms with Crippen molar-refractivity contribution in [1.82, 2.24) is 14.9 Å². The van der Waals surface area contributed by atoms with Gasteiger partial charge in [-0.1, -0.05) is 18.2 Å². The van der Waals surface area contributed by atoms with Crippen molar-refractivity contribution in [3.63, 3.8) is 0 Å². The molecular weight excluding hydrogens is 385 g/mol. The fourth-order valence-corrected chi connectivity index (χ4v) is 2.96. The van der Waals surface area contributed by atoms with E-state index in [1.54, 1.807) is 10.6 Å². The van der Waals surface area contributed by atoms with Gasteiger partial charge in [-0.25, -0.2) is 4.98 Å². The van der Waals surface area contributed by atoms with E-state index >= 15 is 0 Å². The van der Waals surface area contributed by atoms with Gasteiger partial charge in [0.05, 0.1) is 16.6 Å². The van der Waals surface area contributed by atoms with Crippen molar-refractivity contribution in [3.8, 4) is 0 Å². The molecule has 0 saturated carbocycles. The molecule has 152 valence electrons. The molecule has 0 saturated heterocycles. The molecule has 0 aliphatic rings. The summed E-state index contributed by atoms with van der Waals surface area (Å²) in [6.45, 7) is 1.64. The number of amides is 2. The Morgan fingerprint density at radius 3 is 2.59 bits per heavy atom. The number of anilines is 1. The number of carbonyl (C=O) groups excluding carboxylic acids is 2. The van der Waals surface area contributed by atoms with E-state index < -0.39 is 17.6 Å². The topological polar surface area (TPSA) is 76.0 Å². The number of hydrogen-bond acceptors (Lipinski definition) is 3. The van der Waals surface area contributed by atoms with E-state index in [2.05, 4.69) is 15.6 Å². The Morgan fingerprint density at radius 1 is 1.10 bits per heavy atom. The minimum absolute atomic E-state index is 0.0639. The average Bonchev–Trinajstić information content (AvgIpc) is 2.98. The SMILES string of the molecule is CC(=O)NCCc1nc2ccccc2n1CC(=O)Nc1cccc(C(F)(F)F)c1. The maximum Gasteiger partial charge on any atom is 0.416 e. The van der Waals surface area contributed by atoms with Gasteiger partial charge in [0.1, 0.15) is 12.4 Å². The normalized spacial score (nSPS) is 11.4. The Hall–Kier alpha value is -3.36. The molecule has 3 aromatic rings.